The summed E-state index contributed by atoms with van der Waals surface area (Å²) in [7, 11) is 0. The Hall–Kier alpha value is -2.36. The number of carboxylic acid groups (broad SMARTS) is 1. The van der Waals surface area contributed by atoms with E-state index in [0.717, 1.165) is 33.8 Å². The number of aromatic nitrogens is 2. The van der Waals surface area contributed by atoms with Gasteiger partial charge in [0.1, 0.15) is 0 Å². The summed E-state index contributed by atoms with van der Waals surface area (Å²) in [6.07, 6.45) is 3.21. The molecule has 0 saturated carbocycles. The third-order valence-corrected chi connectivity index (χ3v) is 3.35. The van der Waals surface area contributed by atoms with E-state index in [-0.39, 0.29) is 5.69 Å². The van der Waals surface area contributed by atoms with Gasteiger partial charge in [0.05, 0.1) is 11.7 Å². The van der Waals surface area contributed by atoms with Gasteiger partial charge in [0.2, 0.25) is 0 Å². The summed E-state index contributed by atoms with van der Waals surface area (Å²) >= 11 is 0. The SMILES string of the molecule is CCCc1c(C(=O)O)ncc2[nH]c3ccccc3c12. The van der Waals surface area contributed by atoms with Gasteiger partial charge in [-0.2, -0.15) is 0 Å². The average Bonchev–Trinajstić information content (AvgIpc) is 2.77. The minimum absolute atomic E-state index is 0.166. The quantitative estimate of drug-likeness (QED) is 0.753. The number of H-pyrrole nitrogens is 1. The van der Waals surface area contributed by atoms with Crippen LogP contribution in [0.4, 0.5) is 0 Å². The highest BCUT2D eigenvalue weighted by Crippen LogP contribution is 2.30. The van der Waals surface area contributed by atoms with Gasteiger partial charge in [-0.3, -0.25) is 0 Å². The molecule has 2 aromatic heterocycles. The topological polar surface area (TPSA) is 66.0 Å². The standard InChI is InChI=1S/C15H14N2O2/c1-2-5-10-13-9-6-3-4-7-11(9)17-12(13)8-16-14(10)15(18)19/h3-4,6-8,17H,2,5H2,1H3,(H,18,19). The third kappa shape index (κ3) is 1.76. The molecule has 0 unspecified atom stereocenters. The number of para-hydroxylation sites is 1. The van der Waals surface area contributed by atoms with Crippen molar-refractivity contribution in [3.8, 4) is 0 Å². The van der Waals surface area contributed by atoms with Crippen molar-refractivity contribution in [1.29, 1.82) is 0 Å². The van der Waals surface area contributed by atoms with Crippen molar-refractivity contribution >= 4 is 27.8 Å². The Balaban J connectivity index is 2.46. The van der Waals surface area contributed by atoms with E-state index < -0.39 is 5.97 Å². The molecule has 2 heterocycles. The van der Waals surface area contributed by atoms with Crippen LogP contribution in [0.5, 0.6) is 0 Å². The molecule has 0 atom stereocenters. The molecule has 0 amide bonds. The van der Waals surface area contributed by atoms with Crippen molar-refractivity contribution in [2.24, 2.45) is 0 Å². The molecule has 3 rings (SSSR count). The van der Waals surface area contributed by atoms with Gasteiger partial charge in [0.25, 0.3) is 0 Å². The molecule has 2 N–H and O–H groups in total. The molecule has 0 bridgehead atoms. The average molecular weight is 254 g/mol. The predicted molar refractivity (Wildman–Crippen MR) is 74.6 cm³/mol. The number of benzene rings is 1. The summed E-state index contributed by atoms with van der Waals surface area (Å²) in [5.41, 5.74) is 2.90. The number of nitrogens with one attached hydrogen (secondary N) is 1. The molecule has 3 aromatic rings. The normalized spacial score (nSPS) is 11.2. The number of fused-ring (bicyclic) bond motifs is 3. The Morgan fingerprint density at radius 1 is 1.32 bits per heavy atom. The zero-order valence-electron chi connectivity index (χ0n) is 10.6. The number of aromatic carboxylic acids is 1. The molecule has 4 nitrogen and oxygen atoms in total. The molecule has 96 valence electrons. The molecular formula is C15H14N2O2. The molecule has 0 aliphatic heterocycles. The summed E-state index contributed by atoms with van der Waals surface area (Å²) in [6, 6.07) is 7.93. The van der Waals surface area contributed by atoms with E-state index in [1.165, 1.54) is 0 Å². The Morgan fingerprint density at radius 3 is 2.84 bits per heavy atom. The number of carboxylic acids is 1. The number of pyridine rings is 1. The molecule has 4 heteroatoms. The summed E-state index contributed by atoms with van der Waals surface area (Å²) in [4.78, 5) is 18.7. The Kier molecular flexibility index (Phi) is 2.71. The van der Waals surface area contributed by atoms with Gasteiger partial charge in [0, 0.05) is 16.3 Å². The van der Waals surface area contributed by atoms with E-state index >= 15 is 0 Å². The van der Waals surface area contributed by atoms with Crippen LogP contribution >= 0.6 is 0 Å². The van der Waals surface area contributed by atoms with Crippen LogP contribution in [0, 0.1) is 0 Å². The highest BCUT2D eigenvalue weighted by Gasteiger charge is 2.17. The first-order chi connectivity index (χ1) is 9.22. The van der Waals surface area contributed by atoms with Crippen molar-refractivity contribution in [3.63, 3.8) is 0 Å². The molecular weight excluding hydrogens is 240 g/mol. The van der Waals surface area contributed by atoms with E-state index in [0.29, 0.717) is 6.42 Å². The molecule has 19 heavy (non-hydrogen) atoms. The summed E-state index contributed by atoms with van der Waals surface area (Å²) < 4.78 is 0. The minimum Gasteiger partial charge on any atom is -0.477 e. The monoisotopic (exact) mass is 254 g/mol. The van der Waals surface area contributed by atoms with E-state index in [4.69, 9.17) is 0 Å². The lowest BCUT2D eigenvalue weighted by Gasteiger charge is -2.06. The number of aryl methyl sites for hydroxylation is 1. The van der Waals surface area contributed by atoms with Gasteiger partial charge in [-0.25, -0.2) is 9.78 Å². The van der Waals surface area contributed by atoms with Crippen molar-refractivity contribution in [3.05, 3.63) is 41.7 Å². The molecule has 0 radical (unpaired) electrons. The fourth-order valence-electron chi connectivity index (χ4n) is 2.59. The van der Waals surface area contributed by atoms with Crippen molar-refractivity contribution in [1.82, 2.24) is 9.97 Å². The maximum Gasteiger partial charge on any atom is 0.354 e. The second-order valence-corrected chi connectivity index (χ2v) is 4.60. The second kappa shape index (κ2) is 4.39. The number of hydrogen-bond acceptors (Lipinski definition) is 2. The van der Waals surface area contributed by atoms with E-state index in [2.05, 4.69) is 9.97 Å². The largest absolute Gasteiger partial charge is 0.477 e. The number of carbonyl (C=O) groups is 1. The smallest absolute Gasteiger partial charge is 0.354 e. The second-order valence-electron chi connectivity index (χ2n) is 4.60. The van der Waals surface area contributed by atoms with Crippen LogP contribution in [0.3, 0.4) is 0 Å². The number of rotatable bonds is 3. The highest BCUT2D eigenvalue weighted by atomic mass is 16.4. The molecule has 0 saturated heterocycles. The summed E-state index contributed by atoms with van der Waals surface area (Å²) in [6.45, 7) is 2.04. The molecule has 0 aliphatic carbocycles. The minimum atomic E-state index is -0.962. The maximum atomic E-state index is 11.3. The third-order valence-electron chi connectivity index (χ3n) is 3.35. The maximum absolute atomic E-state index is 11.3. The van der Waals surface area contributed by atoms with Crippen LogP contribution < -0.4 is 0 Å². The fourth-order valence-corrected chi connectivity index (χ4v) is 2.59. The summed E-state index contributed by atoms with van der Waals surface area (Å²) in [5, 5.41) is 11.3. The zero-order chi connectivity index (χ0) is 13.4. The number of nitrogens with zero attached hydrogens (tertiary/aromatic N) is 1. The van der Waals surface area contributed by atoms with Crippen LogP contribution in [-0.4, -0.2) is 21.0 Å². The van der Waals surface area contributed by atoms with Crippen molar-refractivity contribution < 1.29 is 9.90 Å². The van der Waals surface area contributed by atoms with E-state index in [1.54, 1.807) is 6.20 Å². The first-order valence-electron chi connectivity index (χ1n) is 6.34. The highest BCUT2D eigenvalue weighted by molar-refractivity contribution is 6.10. The van der Waals surface area contributed by atoms with Crippen LogP contribution in [-0.2, 0) is 6.42 Å². The molecule has 0 fully saturated rings. The molecule has 0 spiro atoms. The lowest BCUT2D eigenvalue weighted by atomic mass is 10.0. The number of aromatic amines is 1. The fraction of sp³-hybridized carbons (Fsp3) is 0.200. The van der Waals surface area contributed by atoms with Gasteiger partial charge in [-0.1, -0.05) is 31.5 Å². The van der Waals surface area contributed by atoms with Crippen LogP contribution in [0.15, 0.2) is 30.5 Å². The van der Waals surface area contributed by atoms with Gasteiger partial charge < -0.3 is 10.1 Å². The zero-order valence-corrected chi connectivity index (χ0v) is 10.6. The summed E-state index contributed by atoms with van der Waals surface area (Å²) in [5.74, 6) is -0.962. The lowest BCUT2D eigenvalue weighted by molar-refractivity contribution is 0.0689. The van der Waals surface area contributed by atoms with Crippen molar-refractivity contribution in [2.75, 3.05) is 0 Å². The number of hydrogen-bond donors (Lipinski definition) is 2. The van der Waals surface area contributed by atoms with Crippen molar-refractivity contribution in [2.45, 2.75) is 19.8 Å². The Morgan fingerprint density at radius 2 is 2.11 bits per heavy atom. The first kappa shape index (κ1) is 11.7. The molecule has 1 aromatic carbocycles. The van der Waals surface area contributed by atoms with Crippen LogP contribution in [0.1, 0.15) is 29.4 Å². The lowest BCUT2D eigenvalue weighted by Crippen LogP contribution is -2.06. The predicted octanol–water partition coefficient (Wildman–Crippen LogP) is 3.37. The Labute approximate surface area is 110 Å². The first-order valence-corrected chi connectivity index (χ1v) is 6.34. The van der Waals surface area contributed by atoms with E-state index in [1.807, 2.05) is 31.2 Å². The van der Waals surface area contributed by atoms with Gasteiger partial charge in [0.15, 0.2) is 5.69 Å². The van der Waals surface area contributed by atoms with Crippen LogP contribution in [0.2, 0.25) is 0 Å². The van der Waals surface area contributed by atoms with E-state index in [9.17, 15) is 9.90 Å². The Bertz CT molecular complexity index is 774. The molecule has 0 aliphatic rings. The van der Waals surface area contributed by atoms with Gasteiger partial charge >= 0.3 is 5.97 Å². The van der Waals surface area contributed by atoms with Crippen LogP contribution in [0.25, 0.3) is 21.8 Å². The van der Waals surface area contributed by atoms with Gasteiger partial charge in [-0.05, 0) is 18.1 Å². The van der Waals surface area contributed by atoms with Gasteiger partial charge in [-0.15, -0.1) is 0 Å².